The summed E-state index contributed by atoms with van der Waals surface area (Å²) in [7, 11) is 1.66. The first-order valence-electron chi connectivity index (χ1n) is 10.3. The topological polar surface area (TPSA) is 49.2 Å². The molecule has 0 N–H and O–H groups in total. The Morgan fingerprint density at radius 2 is 1.67 bits per heavy atom. The molecule has 4 rings (SSSR count). The number of benzene rings is 2. The lowest BCUT2D eigenvalue weighted by atomic mass is 9.95. The second-order valence-corrected chi connectivity index (χ2v) is 9.33. The number of thioether (sulfide) groups is 1. The van der Waals surface area contributed by atoms with Gasteiger partial charge >= 0.3 is 0 Å². The van der Waals surface area contributed by atoms with E-state index in [9.17, 15) is 0 Å². The minimum absolute atomic E-state index is 0.470. The molecule has 1 saturated carbocycles. The lowest BCUT2D eigenvalue weighted by Gasteiger charge is -2.25. The molecule has 2 aromatic carbocycles. The molecule has 0 bridgehead atoms. The largest absolute Gasteiger partial charge is 0.497 e. The van der Waals surface area contributed by atoms with Crippen LogP contribution >= 0.6 is 27.7 Å². The highest BCUT2D eigenvalue weighted by Gasteiger charge is 2.23. The summed E-state index contributed by atoms with van der Waals surface area (Å²) in [5.74, 6) is 3.46. The second-order valence-electron chi connectivity index (χ2n) is 7.35. The van der Waals surface area contributed by atoms with Gasteiger partial charge in [0.2, 0.25) is 0 Å². The number of halogens is 1. The van der Waals surface area contributed by atoms with Crippen LogP contribution in [-0.2, 0) is 0 Å². The van der Waals surface area contributed by atoms with Crippen LogP contribution in [-0.4, -0.2) is 34.2 Å². The molecule has 0 atom stereocenters. The van der Waals surface area contributed by atoms with Gasteiger partial charge in [0.25, 0.3) is 0 Å². The highest BCUT2D eigenvalue weighted by atomic mass is 79.9. The van der Waals surface area contributed by atoms with Crippen molar-refractivity contribution in [3.05, 3.63) is 53.0 Å². The van der Waals surface area contributed by atoms with Crippen molar-refractivity contribution in [3.63, 3.8) is 0 Å². The third kappa shape index (κ3) is 5.19. The molecule has 3 aromatic rings. The van der Waals surface area contributed by atoms with Crippen LogP contribution in [0, 0.1) is 0 Å². The van der Waals surface area contributed by atoms with E-state index in [0.717, 1.165) is 38.3 Å². The Hall–Kier alpha value is -1.99. The van der Waals surface area contributed by atoms with Crippen LogP contribution < -0.4 is 9.47 Å². The van der Waals surface area contributed by atoms with Crippen LogP contribution in [0.15, 0.2) is 58.2 Å². The molecule has 0 spiro atoms. The van der Waals surface area contributed by atoms with E-state index in [1.807, 2.05) is 24.3 Å². The highest BCUT2D eigenvalue weighted by Crippen LogP contribution is 2.35. The maximum Gasteiger partial charge on any atom is 0.191 e. The van der Waals surface area contributed by atoms with Gasteiger partial charge in [-0.25, -0.2) is 0 Å². The summed E-state index contributed by atoms with van der Waals surface area (Å²) in [6.45, 7) is 0.613. The molecule has 1 aliphatic carbocycles. The van der Waals surface area contributed by atoms with E-state index in [4.69, 9.17) is 9.47 Å². The maximum absolute atomic E-state index is 5.88. The van der Waals surface area contributed by atoms with E-state index in [2.05, 4.69) is 55.0 Å². The Labute approximate surface area is 190 Å². The summed E-state index contributed by atoms with van der Waals surface area (Å²) in [6, 6.07) is 16.5. The fourth-order valence-corrected chi connectivity index (χ4v) is 4.89. The Balaban J connectivity index is 1.45. The zero-order valence-electron chi connectivity index (χ0n) is 17.1. The number of rotatable bonds is 8. The van der Waals surface area contributed by atoms with Gasteiger partial charge in [0, 0.05) is 21.8 Å². The van der Waals surface area contributed by atoms with Crippen molar-refractivity contribution in [1.29, 1.82) is 0 Å². The molecule has 1 aliphatic rings. The number of aromatic nitrogens is 3. The molecule has 0 saturated heterocycles. The fourth-order valence-electron chi connectivity index (χ4n) is 3.80. The van der Waals surface area contributed by atoms with Crippen molar-refractivity contribution >= 4 is 27.7 Å². The van der Waals surface area contributed by atoms with Crippen LogP contribution in [0.5, 0.6) is 11.5 Å². The molecule has 1 aromatic heterocycles. The van der Waals surface area contributed by atoms with Gasteiger partial charge in [-0.3, -0.25) is 4.57 Å². The molecule has 0 unspecified atom stereocenters. The van der Waals surface area contributed by atoms with Gasteiger partial charge in [0.15, 0.2) is 11.0 Å². The molecule has 158 valence electrons. The summed E-state index contributed by atoms with van der Waals surface area (Å²) < 4.78 is 14.5. The minimum Gasteiger partial charge on any atom is -0.497 e. The Bertz CT molecular complexity index is 938. The first-order chi connectivity index (χ1) is 14.7. The average Bonchev–Trinajstić information content (AvgIpc) is 3.22. The lowest BCUT2D eigenvalue weighted by molar-refractivity contribution is 0.336. The molecular weight excluding hydrogens is 462 g/mol. The Morgan fingerprint density at radius 3 is 2.37 bits per heavy atom. The average molecular weight is 488 g/mol. The molecule has 1 fully saturated rings. The summed E-state index contributed by atoms with van der Waals surface area (Å²) in [4.78, 5) is 0. The van der Waals surface area contributed by atoms with Gasteiger partial charge in [-0.2, -0.15) is 0 Å². The van der Waals surface area contributed by atoms with E-state index in [-0.39, 0.29) is 0 Å². The summed E-state index contributed by atoms with van der Waals surface area (Å²) in [5, 5.41) is 10.1. The molecule has 7 heteroatoms. The van der Waals surface area contributed by atoms with Crippen molar-refractivity contribution in [3.8, 4) is 22.9 Å². The van der Waals surface area contributed by atoms with E-state index in [1.54, 1.807) is 18.9 Å². The first kappa shape index (κ1) is 21.2. The van der Waals surface area contributed by atoms with Crippen LogP contribution in [0.3, 0.4) is 0 Å². The van der Waals surface area contributed by atoms with Crippen LogP contribution in [0.4, 0.5) is 0 Å². The van der Waals surface area contributed by atoms with Crippen LogP contribution in [0.2, 0.25) is 0 Å². The lowest BCUT2D eigenvalue weighted by Crippen LogP contribution is -2.15. The summed E-state index contributed by atoms with van der Waals surface area (Å²) in [6.07, 6.45) is 6.25. The number of methoxy groups -OCH3 is 1. The second kappa shape index (κ2) is 10.4. The zero-order chi connectivity index (χ0) is 20.8. The molecule has 5 nitrogen and oxygen atoms in total. The SMILES string of the molecule is COc1ccc(OCCSc2nnc(-c3ccc(Br)cc3)n2C2CCCCC2)cc1. The summed E-state index contributed by atoms with van der Waals surface area (Å²) in [5.41, 5.74) is 1.11. The van der Waals surface area contributed by atoms with Crippen LogP contribution in [0.1, 0.15) is 38.1 Å². The number of ether oxygens (including phenoxy) is 2. The van der Waals surface area contributed by atoms with Crippen LogP contribution in [0.25, 0.3) is 11.4 Å². The number of nitrogens with zero attached hydrogens (tertiary/aromatic N) is 3. The third-order valence-corrected chi connectivity index (χ3v) is 6.79. The molecule has 30 heavy (non-hydrogen) atoms. The Morgan fingerprint density at radius 1 is 0.967 bits per heavy atom. The number of hydrogen-bond donors (Lipinski definition) is 0. The summed E-state index contributed by atoms with van der Waals surface area (Å²) >= 11 is 5.24. The molecular formula is C23H26BrN3O2S. The predicted octanol–water partition coefficient (Wildman–Crippen LogP) is 6.39. The Kier molecular flexibility index (Phi) is 7.33. The van der Waals surface area contributed by atoms with Gasteiger partial charge in [0.1, 0.15) is 11.5 Å². The van der Waals surface area contributed by atoms with Gasteiger partial charge in [-0.1, -0.05) is 59.1 Å². The van der Waals surface area contributed by atoms with Gasteiger partial charge in [-0.15, -0.1) is 10.2 Å². The van der Waals surface area contributed by atoms with Gasteiger partial charge in [0.05, 0.1) is 13.7 Å². The maximum atomic E-state index is 5.88. The first-order valence-corrected chi connectivity index (χ1v) is 12.1. The van der Waals surface area contributed by atoms with Crippen molar-refractivity contribution in [2.45, 2.75) is 43.3 Å². The standard InChI is InChI=1S/C23H26BrN3O2S/c1-28-20-11-13-21(14-12-20)29-15-16-30-23-26-25-22(17-7-9-18(24)10-8-17)27(23)19-5-3-2-4-6-19/h7-14,19H,2-6,15-16H2,1H3. The van der Waals surface area contributed by atoms with E-state index in [0.29, 0.717) is 12.6 Å². The normalized spacial score (nSPS) is 14.6. The van der Waals surface area contributed by atoms with Gasteiger partial charge < -0.3 is 9.47 Å². The highest BCUT2D eigenvalue weighted by molar-refractivity contribution is 9.10. The van der Waals surface area contributed by atoms with Crippen molar-refractivity contribution in [2.75, 3.05) is 19.5 Å². The zero-order valence-corrected chi connectivity index (χ0v) is 19.5. The quantitative estimate of drug-likeness (QED) is 0.272. The molecule has 0 aliphatic heterocycles. The monoisotopic (exact) mass is 487 g/mol. The molecule has 0 radical (unpaired) electrons. The smallest absolute Gasteiger partial charge is 0.191 e. The van der Waals surface area contributed by atoms with Crippen molar-refractivity contribution in [1.82, 2.24) is 14.8 Å². The van der Waals surface area contributed by atoms with Crippen molar-refractivity contribution < 1.29 is 9.47 Å². The van der Waals surface area contributed by atoms with E-state index < -0.39 is 0 Å². The number of hydrogen-bond acceptors (Lipinski definition) is 5. The van der Waals surface area contributed by atoms with E-state index in [1.165, 1.54) is 32.1 Å². The fraction of sp³-hybridized carbons (Fsp3) is 0.391. The molecule has 0 amide bonds. The molecule has 1 heterocycles. The van der Waals surface area contributed by atoms with E-state index >= 15 is 0 Å². The third-order valence-electron chi connectivity index (χ3n) is 5.35. The van der Waals surface area contributed by atoms with Gasteiger partial charge in [-0.05, 0) is 49.2 Å². The minimum atomic E-state index is 0.470. The van der Waals surface area contributed by atoms with Crippen molar-refractivity contribution in [2.24, 2.45) is 0 Å². The predicted molar refractivity (Wildman–Crippen MR) is 124 cm³/mol.